The van der Waals surface area contributed by atoms with Gasteiger partial charge in [0.1, 0.15) is 61.0 Å². The fraction of sp³-hybridized carbons (Fsp3) is 0.956. The molecule has 0 aliphatic carbocycles. The molecule has 0 aromatic carbocycles. The van der Waals surface area contributed by atoms with Crippen LogP contribution in [-0.4, -0.2) is 307 Å². The van der Waals surface area contributed by atoms with E-state index in [1.54, 1.807) is 96.9 Å². The Kier molecular flexibility index (Phi) is 41.3. The molecule has 6 rings (SSSR count). The molecule has 0 amide bonds. The first kappa shape index (κ1) is 106. The summed E-state index contributed by atoms with van der Waals surface area (Å²) in [7, 11) is 6.72. The third-order valence-electron chi connectivity index (χ3n) is 27.8. The molecule has 36 atom stereocenters. The summed E-state index contributed by atoms with van der Waals surface area (Å²) < 4.78 is 78.6. The third-order valence-corrected chi connectivity index (χ3v) is 27.8. The summed E-state index contributed by atoms with van der Waals surface area (Å²) in [6.45, 7) is 39.6. The fourth-order valence-corrected chi connectivity index (χ4v) is 19.8. The number of carbonyl (C=O) groups is 2. The zero-order valence-corrected chi connectivity index (χ0v) is 78.1. The van der Waals surface area contributed by atoms with E-state index in [0.29, 0.717) is 37.4 Å². The average molecular weight is 1720 g/mol. The number of ether oxygens (including phenoxy) is 12. The van der Waals surface area contributed by atoms with Gasteiger partial charge in [-0.15, -0.1) is 0 Å². The second-order valence-corrected chi connectivity index (χ2v) is 38.4. The average Bonchev–Trinajstić information content (AvgIpc) is 0.616. The van der Waals surface area contributed by atoms with Gasteiger partial charge in [0.15, 0.2) is 25.2 Å². The van der Waals surface area contributed by atoms with Crippen LogP contribution in [0.3, 0.4) is 0 Å². The summed E-state index contributed by atoms with van der Waals surface area (Å²) in [4.78, 5) is 46.1. The van der Waals surface area contributed by atoms with Crippen LogP contribution in [0, 0.1) is 47.3 Å². The molecule has 6 aliphatic rings. The van der Waals surface area contributed by atoms with Gasteiger partial charge in [0.25, 0.3) is 0 Å². The van der Waals surface area contributed by atoms with Gasteiger partial charge in [-0.1, -0.05) is 131 Å². The standard InChI is InChI=1S/C90H166N4O26/c1-27-31-33-35-37-39-43-109-91-69-51(5)47-85(17,103)79(57(11)73(117-67-49-87(19,107-25)77(99)61(15)113-67)59(13)81(101)115-65(29-3)89(21,105)75(97)55(69)9)119-83-71(95)63(45-53(7)111-83)93(23)41-42-94(24)64-46-54(8)112-84(72(64)96)120-80-58(12)74(118-68-50-88(20,108-26)78(100)62(16)114-68)60(14)82(102)116-66(30-4)90(22,106)76(98)56(10)70(52(6)48-86(80,18)104)92-110-44-40-38-36-34-32-28-2/h51-68,71-80,83-84,95-100,103-106H,27-50H2,1-26H3/b91-69-,92-70-/t51-,52-,53-,54-,55+,56+,57+,58+,59-,60-,61+,62+,63+,64+,65-,66-,67+,68+,71-,72-,73+,74+,75-,76-,77+,78+,79-,80-,83+,84+,85-,86-,87-,88-,89-,90-/m1/s1. The minimum Gasteiger partial charge on any atom is -0.459 e. The molecule has 0 saturated carbocycles. The van der Waals surface area contributed by atoms with Gasteiger partial charge in [0.2, 0.25) is 0 Å². The van der Waals surface area contributed by atoms with Gasteiger partial charge < -0.3 is 118 Å². The number of likely N-dealkylation sites (N-methyl/N-ethyl adjacent to an activating group) is 2. The van der Waals surface area contributed by atoms with Crippen molar-refractivity contribution in [1.82, 2.24) is 9.80 Å². The normalized spacial score (nSPS) is 44.9. The molecular formula is C90H166N4O26. The third kappa shape index (κ3) is 26.8. The topological polar surface area (TPSA) is 397 Å². The van der Waals surface area contributed by atoms with Crippen LogP contribution in [0.1, 0.15) is 281 Å². The first-order valence-corrected chi connectivity index (χ1v) is 45.6. The van der Waals surface area contributed by atoms with Gasteiger partial charge in [-0.3, -0.25) is 19.4 Å². The lowest BCUT2D eigenvalue weighted by atomic mass is 9.73. The van der Waals surface area contributed by atoms with Gasteiger partial charge in [-0.25, -0.2) is 0 Å². The van der Waals surface area contributed by atoms with Gasteiger partial charge in [-0.2, -0.15) is 0 Å². The van der Waals surface area contributed by atoms with Crippen LogP contribution in [0.5, 0.6) is 0 Å². The van der Waals surface area contributed by atoms with Crippen molar-refractivity contribution >= 4 is 23.4 Å². The number of hydrogen-bond donors (Lipinski definition) is 10. The van der Waals surface area contributed by atoms with E-state index in [9.17, 15) is 60.7 Å². The second kappa shape index (κ2) is 46.8. The van der Waals surface area contributed by atoms with E-state index in [-0.39, 0.29) is 51.7 Å². The van der Waals surface area contributed by atoms with E-state index >= 15 is 0 Å². The summed E-state index contributed by atoms with van der Waals surface area (Å²) in [5.74, 6) is -9.07. The van der Waals surface area contributed by atoms with Gasteiger partial charge in [0, 0.05) is 87.7 Å². The summed E-state index contributed by atoms with van der Waals surface area (Å²) >= 11 is 0. The molecule has 6 heterocycles. The molecule has 0 spiro atoms. The number of methoxy groups -OCH3 is 2. The van der Waals surface area contributed by atoms with Crippen molar-refractivity contribution in [2.24, 2.45) is 57.7 Å². The van der Waals surface area contributed by atoms with Crippen molar-refractivity contribution in [3.05, 3.63) is 0 Å². The summed E-state index contributed by atoms with van der Waals surface area (Å²) in [6, 6.07) is -1.29. The van der Waals surface area contributed by atoms with E-state index in [1.807, 2.05) is 51.6 Å². The molecule has 0 unspecified atom stereocenters. The highest BCUT2D eigenvalue weighted by Crippen LogP contribution is 2.45. The van der Waals surface area contributed by atoms with Crippen molar-refractivity contribution in [3.8, 4) is 0 Å². The van der Waals surface area contributed by atoms with E-state index in [0.717, 1.165) is 77.0 Å². The first-order chi connectivity index (χ1) is 56.1. The molecular weight excluding hydrogens is 1550 g/mol. The number of nitrogens with zero attached hydrogens (tertiary/aromatic N) is 4. The number of rotatable bonds is 33. The van der Waals surface area contributed by atoms with E-state index in [1.165, 1.54) is 28.1 Å². The lowest BCUT2D eigenvalue weighted by molar-refractivity contribution is -0.319. The number of hydrogen-bond acceptors (Lipinski definition) is 30. The van der Waals surface area contributed by atoms with E-state index in [4.69, 9.17) is 76.8 Å². The van der Waals surface area contributed by atoms with Crippen LogP contribution < -0.4 is 0 Å². The number of carbonyl (C=O) groups excluding carboxylic acids is 2. The largest absolute Gasteiger partial charge is 0.459 e. The fourth-order valence-electron chi connectivity index (χ4n) is 19.8. The molecule has 6 saturated heterocycles. The molecule has 30 nitrogen and oxygen atoms in total. The molecule has 30 heteroatoms. The Morgan fingerprint density at radius 3 is 1.07 bits per heavy atom. The molecule has 702 valence electrons. The van der Waals surface area contributed by atoms with Crippen molar-refractivity contribution in [3.63, 3.8) is 0 Å². The van der Waals surface area contributed by atoms with Crippen LogP contribution >= 0.6 is 0 Å². The SMILES string of the molecule is CCCCCCCCO/N=C1/[C@H](C)C[C@@](C)(O)[C@H](O[C@@H]2O[C@H](C)C[C@H](N(C)CCN(C)[C@H]3C[C@@H](C)O[C@@H](O[C@@H]4[C@@H](C)[C@H](O[C@H]5C[C@@](C)(OC)[C@@H](O)[C@H](C)O5)[C@@H](C)C(=O)O[C@H](CC)[C@@](C)(O)[C@H](O)[C@@H](C)/C(=N\OCCCCCCCC)[C@H](C)C[C@@]4(C)O)[C@@H]3O)[C@H]2O)[C@@H](C)[C@H](O[C@H]2C[C@@](C)(OC)[C@@H](O)[C@H](C)O2)[C@@H](C)C(=O)O[C@H](CC)[C@@](C)(O)[C@H](O)[C@H]1C. The molecule has 0 aromatic rings. The van der Waals surface area contributed by atoms with Crippen molar-refractivity contribution in [2.45, 2.75) is 449 Å². The van der Waals surface area contributed by atoms with E-state index < -0.39 is 228 Å². The Morgan fingerprint density at radius 2 is 0.758 bits per heavy atom. The van der Waals surface area contributed by atoms with Crippen LogP contribution in [0.25, 0.3) is 0 Å². The minimum atomic E-state index is -2.02. The monoisotopic (exact) mass is 1720 g/mol. The molecule has 6 fully saturated rings. The quantitative estimate of drug-likeness (QED) is 0.0166. The Hall–Kier alpha value is -3.00. The van der Waals surface area contributed by atoms with Crippen LogP contribution in [0.4, 0.5) is 0 Å². The van der Waals surface area contributed by atoms with Gasteiger partial charge >= 0.3 is 11.9 Å². The van der Waals surface area contributed by atoms with Gasteiger partial charge in [0.05, 0.1) is 107 Å². The van der Waals surface area contributed by atoms with Crippen molar-refractivity contribution in [1.29, 1.82) is 0 Å². The molecule has 0 bridgehead atoms. The predicted octanol–water partition coefficient (Wildman–Crippen LogP) is 9.65. The van der Waals surface area contributed by atoms with Gasteiger partial charge in [-0.05, 0) is 161 Å². The maximum atomic E-state index is 15.0. The predicted molar refractivity (Wildman–Crippen MR) is 454 cm³/mol. The Bertz CT molecular complexity index is 2900. The van der Waals surface area contributed by atoms with Crippen molar-refractivity contribution < 1.29 is 127 Å². The first-order valence-electron chi connectivity index (χ1n) is 45.6. The zero-order chi connectivity index (χ0) is 90.1. The molecule has 0 aromatic heterocycles. The number of oxime groups is 2. The molecule has 6 aliphatic heterocycles. The summed E-state index contributed by atoms with van der Waals surface area (Å²) in [5.41, 5.74) is -9.50. The number of aliphatic hydroxyl groups excluding tert-OH is 6. The highest BCUT2D eigenvalue weighted by molar-refractivity contribution is 5.89. The molecule has 120 heavy (non-hydrogen) atoms. The van der Waals surface area contributed by atoms with E-state index in [2.05, 4.69) is 13.8 Å². The highest BCUT2D eigenvalue weighted by atomic mass is 16.7. The number of unbranched alkanes of at least 4 members (excludes halogenated alkanes) is 10. The van der Waals surface area contributed by atoms with Crippen LogP contribution in [0.15, 0.2) is 10.3 Å². The second-order valence-electron chi connectivity index (χ2n) is 38.4. The Balaban J connectivity index is 1.36. The smallest absolute Gasteiger partial charge is 0.311 e. The lowest BCUT2D eigenvalue weighted by Gasteiger charge is -2.49. The number of cyclic esters (lactones) is 2. The number of aliphatic hydroxyl groups is 10. The highest BCUT2D eigenvalue weighted by Gasteiger charge is 2.58. The molecule has 0 radical (unpaired) electrons. The lowest BCUT2D eigenvalue weighted by Crippen LogP contribution is -2.62. The van der Waals surface area contributed by atoms with Crippen molar-refractivity contribution in [2.75, 3.05) is 54.6 Å². The maximum absolute atomic E-state index is 15.0. The number of esters is 2. The Morgan fingerprint density at radius 1 is 0.433 bits per heavy atom. The minimum absolute atomic E-state index is 0.0201. The van der Waals surface area contributed by atoms with Crippen LogP contribution in [-0.2, 0) is 76.1 Å². The summed E-state index contributed by atoms with van der Waals surface area (Å²) in [5, 5.41) is 135. The molecule has 10 N–H and O–H groups in total. The maximum Gasteiger partial charge on any atom is 0.311 e. The van der Waals surface area contributed by atoms with Crippen LogP contribution in [0.2, 0.25) is 0 Å². The zero-order valence-electron chi connectivity index (χ0n) is 78.1. The Labute approximate surface area is 718 Å². The summed E-state index contributed by atoms with van der Waals surface area (Å²) in [6.07, 6.45) is -10.5.